The molecule has 1 saturated heterocycles. The third-order valence-corrected chi connectivity index (χ3v) is 6.66. The van der Waals surface area contributed by atoms with Crippen LogP contribution in [0.1, 0.15) is 25.7 Å². The normalized spacial score (nSPS) is 18.8. The Morgan fingerprint density at radius 1 is 1.43 bits per heavy atom. The highest BCUT2D eigenvalue weighted by Crippen LogP contribution is 2.36. The molecule has 114 valence electrons. The van der Waals surface area contributed by atoms with Crippen LogP contribution < -0.4 is 10.6 Å². The molecule has 21 heavy (non-hydrogen) atoms. The maximum absolute atomic E-state index is 4.72. The van der Waals surface area contributed by atoms with E-state index >= 15 is 0 Å². The van der Waals surface area contributed by atoms with Crippen LogP contribution in [0.2, 0.25) is 0 Å². The van der Waals surface area contributed by atoms with Gasteiger partial charge < -0.3 is 10.6 Å². The Balaban J connectivity index is 1.53. The second-order valence-corrected chi connectivity index (χ2v) is 8.08. The van der Waals surface area contributed by atoms with Crippen LogP contribution in [-0.4, -0.2) is 30.4 Å². The summed E-state index contributed by atoms with van der Waals surface area (Å²) in [5, 5.41) is 12.4. The molecule has 3 rings (SSSR count). The molecule has 0 aliphatic carbocycles. The van der Waals surface area contributed by atoms with E-state index in [2.05, 4.69) is 33.7 Å². The molecule has 0 saturated carbocycles. The van der Waals surface area contributed by atoms with E-state index in [-0.39, 0.29) is 0 Å². The number of thiazole rings is 1. The first-order chi connectivity index (χ1) is 10.4. The topological polar surface area (TPSA) is 37.0 Å². The van der Waals surface area contributed by atoms with E-state index in [1.165, 1.54) is 42.0 Å². The van der Waals surface area contributed by atoms with Gasteiger partial charge in [-0.25, -0.2) is 4.98 Å². The summed E-state index contributed by atoms with van der Waals surface area (Å²) in [6, 6.07) is 2.85. The summed E-state index contributed by atoms with van der Waals surface area (Å²) in [6.07, 6.45) is 7.32. The number of thiophene rings is 1. The molecular weight excluding hydrogens is 318 g/mol. The van der Waals surface area contributed by atoms with Gasteiger partial charge in [0.1, 0.15) is 0 Å². The van der Waals surface area contributed by atoms with Crippen molar-refractivity contribution in [1.29, 1.82) is 0 Å². The standard InChI is InChI=1S/C15H21N3S3/c1-19-14-12(6-9-20-14)13-10-21-15(18-13)17-8-5-11-4-2-3-7-16-11/h6,9-11,16H,2-5,7-8H2,1H3,(H,17,18). The van der Waals surface area contributed by atoms with Crippen molar-refractivity contribution in [2.75, 3.05) is 24.7 Å². The fourth-order valence-electron chi connectivity index (χ4n) is 2.65. The number of piperidine rings is 1. The van der Waals surface area contributed by atoms with Crippen LogP contribution in [0.5, 0.6) is 0 Å². The highest BCUT2D eigenvalue weighted by Gasteiger charge is 2.13. The first-order valence-corrected chi connectivity index (χ1v) is 10.4. The molecule has 1 aliphatic heterocycles. The van der Waals surface area contributed by atoms with Gasteiger partial charge in [-0.1, -0.05) is 6.42 Å². The van der Waals surface area contributed by atoms with Crippen molar-refractivity contribution < 1.29 is 0 Å². The number of thioether (sulfide) groups is 1. The van der Waals surface area contributed by atoms with Gasteiger partial charge in [0.2, 0.25) is 0 Å². The highest BCUT2D eigenvalue weighted by molar-refractivity contribution is 8.00. The Hall–Kier alpha value is -0.560. The molecule has 6 heteroatoms. The number of nitrogens with one attached hydrogen (secondary N) is 2. The molecule has 0 radical (unpaired) electrons. The Kier molecular flexibility index (Phi) is 5.57. The molecule has 2 N–H and O–H groups in total. The minimum atomic E-state index is 0.686. The van der Waals surface area contributed by atoms with Gasteiger partial charge in [0.25, 0.3) is 0 Å². The number of hydrogen-bond donors (Lipinski definition) is 2. The van der Waals surface area contributed by atoms with E-state index in [1.807, 2.05) is 0 Å². The molecule has 1 unspecified atom stereocenters. The van der Waals surface area contributed by atoms with Crippen molar-refractivity contribution in [1.82, 2.24) is 10.3 Å². The summed E-state index contributed by atoms with van der Waals surface area (Å²) < 4.78 is 1.35. The summed E-state index contributed by atoms with van der Waals surface area (Å²) >= 11 is 5.29. The molecule has 2 aromatic heterocycles. The number of nitrogens with zero attached hydrogens (tertiary/aromatic N) is 1. The van der Waals surface area contributed by atoms with E-state index in [9.17, 15) is 0 Å². The molecule has 0 spiro atoms. The van der Waals surface area contributed by atoms with Crippen molar-refractivity contribution in [3.63, 3.8) is 0 Å². The second kappa shape index (κ2) is 7.63. The lowest BCUT2D eigenvalue weighted by atomic mass is 10.0. The van der Waals surface area contributed by atoms with Gasteiger partial charge in [-0.05, 0) is 43.5 Å². The van der Waals surface area contributed by atoms with Gasteiger partial charge in [-0.15, -0.1) is 34.4 Å². The predicted molar refractivity (Wildman–Crippen MR) is 96.0 cm³/mol. The lowest BCUT2D eigenvalue weighted by Gasteiger charge is -2.23. The second-order valence-electron chi connectivity index (χ2n) is 5.23. The number of hydrogen-bond acceptors (Lipinski definition) is 6. The molecule has 1 atom stereocenters. The maximum Gasteiger partial charge on any atom is 0.183 e. The maximum atomic E-state index is 4.72. The minimum Gasteiger partial charge on any atom is -0.361 e. The van der Waals surface area contributed by atoms with Crippen LogP contribution in [0.4, 0.5) is 5.13 Å². The van der Waals surface area contributed by atoms with Gasteiger partial charge in [0.05, 0.1) is 9.90 Å². The Labute approximate surface area is 138 Å². The van der Waals surface area contributed by atoms with E-state index < -0.39 is 0 Å². The van der Waals surface area contributed by atoms with Gasteiger partial charge in [0.15, 0.2) is 5.13 Å². The van der Waals surface area contributed by atoms with Crippen molar-refractivity contribution in [2.24, 2.45) is 0 Å². The molecule has 3 heterocycles. The van der Waals surface area contributed by atoms with Crippen LogP contribution >= 0.6 is 34.4 Å². The summed E-state index contributed by atoms with van der Waals surface area (Å²) in [6.45, 7) is 2.19. The lowest BCUT2D eigenvalue weighted by Crippen LogP contribution is -2.35. The largest absolute Gasteiger partial charge is 0.361 e. The molecule has 1 fully saturated rings. The van der Waals surface area contributed by atoms with Crippen molar-refractivity contribution in [2.45, 2.75) is 35.9 Å². The molecule has 3 nitrogen and oxygen atoms in total. The summed E-state index contributed by atoms with van der Waals surface area (Å²) in [5.41, 5.74) is 2.37. The Morgan fingerprint density at radius 2 is 2.38 bits per heavy atom. The van der Waals surface area contributed by atoms with Gasteiger partial charge >= 0.3 is 0 Å². The summed E-state index contributed by atoms with van der Waals surface area (Å²) in [7, 11) is 0. The third kappa shape index (κ3) is 4.00. The van der Waals surface area contributed by atoms with Crippen molar-refractivity contribution >= 4 is 39.6 Å². The zero-order chi connectivity index (χ0) is 14.5. The van der Waals surface area contributed by atoms with E-state index in [4.69, 9.17) is 4.98 Å². The predicted octanol–water partition coefficient (Wildman–Crippen LogP) is 4.54. The Morgan fingerprint density at radius 3 is 3.19 bits per heavy atom. The van der Waals surface area contributed by atoms with Crippen LogP contribution in [0, 0.1) is 0 Å². The SMILES string of the molecule is CSc1sccc1-c1csc(NCCC2CCCCN2)n1. The molecule has 1 aliphatic rings. The number of rotatable bonds is 6. The molecule has 2 aromatic rings. The van der Waals surface area contributed by atoms with Gasteiger partial charge in [0, 0.05) is 23.5 Å². The number of anilines is 1. The average molecular weight is 340 g/mol. The van der Waals surface area contributed by atoms with Crippen molar-refractivity contribution in [3.8, 4) is 11.3 Å². The third-order valence-electron chi connectivity index (χ3n) is 3.78. The monoisotopic (exact) mass is 339 g/mol. The van der Waals surface area contributed by atoms with Gasteiger partial charge in [-0.3, -0.25) is 0 Å². The molecule has 0 aromatic carbocycles. The zero-order valence-electron chi connectivity index (χ0n) is 12.2. The summed E-state index contributed by atoms with van der Waals surface area (Å²) in [5.74, 6) is 0. The smallest absolute Gasteiger partial charge is 0.183 e. The Bertz CT molecular complexity index is 558. The average Bonchev–Trinajstić information content (AvgIpc) is 3.16. The van der Waals surface area contributed by atoms with E-state index in [0.29, 0.717) is 6.04 Å². The van der Waals surface area contributed by atoms with Crippen molar-refractivity contribution in [3.05, 3.63) is 16.8 Å². The van der Waals surface area contributed by atoms with Crippen LogP contribution in [0.3, 0.4) is 0 Å². The first kappa shape index (κ1) is 15.3. The summed E-state index contributed by atoms with van der Waals surface area (Å²) in [4.78, 5) is 4.72. The number of aromatic nitrogens is 1. The lowest BCUT2D eigenvalue weighted by molar-refractivity contribution is 0.389. The van der Waals surface area contributed by atoms with Crippen LogP contribution in [0.15, 0.2) is 21.0 Å². The highest BCUT2D eigenvalue weighted by atomic mass is 32.2. The first-order valence-electron chi connectivity index (χ1n) is 7.41. The zero-order valence-corrected chi connectivity index (χ0v) is 14.7. The fourth-order valence-corrected chi connectivity index (χ4v) is 4.96. The van der Waals surface area contributed by atoms with Crippen LogP contribution in [0.25, 0.3) is 11.3 Å². The quantitative estimate of drug-likeness (QED) is 0.758. The minimum absolute atomic E-state index is 0.686. The molecule has 0 bridgehead atoms. The molecule has 0 amide bonds. The fraction of sp³-hybridized carbons (Fsp3) is 0.533. The van der Waals surface area contributed by atoms with E-state index in [0.717, 1.165) is 17.4 Å². The van der Waals surface area contributed by atoms with Crippen LogP contribution in [-0.2, 0) is 0 Å². The molecular formula is C15H21N3S3. The van der Waals surface area contributed by atoms with Gasteiger partial charge in [-0.2, -0.15) is 0 Å². The van der Waals surface area contributed by atoms with E-state index in [1.54, 1.807) is 34.4 Å².